The van der Waals surface area contributed by atoms with Gasteiger partial charge < -0.3 is 4.98 Å². The maximum Gasteiger partial charge on any atom is 0.259 e. The normalized spacial score (nSPS) is 18.4. The Morgan fingerprint density at radius 1 is 1.61 bits per heavy atom. The van der Waals surface area contributed by atoms with Crippen molar-refractivity contribution in [1.29, 1.82) is 0 Å². The molecular weight excluding hydrogens is 246 g/mol. The highest BCUT2D eigenvalue weighted by molar-refractivity contribution is 7.10. The standard InChI is InChI=1S/C13H15N3OS/c1-8-2-3-9-10(7-18-11(9)6-8)12(17)16-13-14-4-5-15-13/h4-5,7-8H,2-3,6H2,1H3,(H2,14,15,16,17). The lowest BCUT2D eigenvalue weighted by atomic mass is 9.88. The number of anilines is 1. The lowest BCUT2D eigenvalue weighted by Gasteiger charge is -2.18. The van der Waals surface area contributed by atoms with Crippen molar-refractivity contribution < 1.29 is 4.79 Å². The topological polar surface area (TPSA) is 57.8 Å². The molecule has 0 bridgehead atoms. The van der Waals surface area contributed by atoms with Crippen molar-refractivity contribution in [2.45, 2.75) is 26.2 Å². The van der Waals surface area contributed by atoms with Crippen LogP contribution >= 0.6 is 11.3 Å². The SMILES string of the molecule is CC1CCc2c(C(=O)Nc3ncc[nH]3)csc2C1. The Hall–Kier alpha value is -1.62. The Kier molecular flexibility index (Phi) is 2.91. The second-order valence-corrected chi connectivity index (χ2v) is 5.76. The highest BCUT2D eigenvalue weighted by atomic mass is 32.1. The molecule has 0 spiro atoms. The van der Waals surface area contributed by atoms with Gasteiger partial charge in [-0.3, -0.25) is 10.1 Å². The Labute approximate surface area is 109 Å². The number of aromatic amines is 1. The van der Waals surface area contributed by atoms with Gasteiger partial charge in [0.2, 0.25) is 5.95 Å². The number of aromatic nitrogens is 2. The number of hydrogen-bond acceptors (Lipinski definition) is 3. The van der Waals surface area contributed by atoms with Crippen molar-refractivity contribution in [3.8, 4) is 0 Å². The first-order valence-corrected chi connectivity index (χ1v) is 7.02. The molecule has 1 aliphatic rings. The van der Waals surface area contributed by atoms with Crippen LogP contribution < -0.4 is 5.32 Å². The molecule has 0 radical (unpaired) electrons. The van der Waals surface area contributed by atoms with Crippen LogP contribution in [0.15, 0.2) is 17.8 Å². The molecule has 0 saturated heterocycles. The molecule has 1 amide bonds. The molecular formula is C13H15N3OS. The summed E-state index contributed by atoms with van der Waals surface area (Å²) in [5.41, 5.74) is 2.06. The molecule has 1 unspecified atom stereocenters. The second-order valence-electron chi connectivity index (χ2n) is 4.79. The Bertz CT molecular complexity index is 559. The molecule has 94 valence electrons. The lowest BCUT2D eigenvalue weighted by molar-refractivity contribution is 0.102. The van der Waals surface area contributed by atoms with Gasteiger partial charge in [-0.1, -0.05) is 6.92 Å². The van der Waals surface area contributed by atoms with Crippen molar-refractivity contribution in [1.82, 2.24) is 9.97 Å². The summed E-state index contributed by atoms with van der Waals surface area (Å²) in [5, 5.41) is 4.76. The van der Waals surface area contributed by atoms with Crippen molar-refractivity contribution in [3.63, 3.8) is 0 Å². The van der Waals surface area contributed by atoms with Crippen molar-refractivity contribution in [3.05, 3.63) is 33.8 Å². The fraction of sp³-hybridized carbons (Fsp3) is 0.385. The summed E-state index contributed by atoms with van der Waals surface area (Å²) in [5.74, 6) is 1.18. The van der Waals surface area contributed by atoms with Crippen molar-refractivity contribution in [2.75, 3.05) is 5.32 Å². The Morgan fingerprint density at radius 3 is 3.28 bits per heavy atom. The number of nitrogens with zero attached hydrogens (tertiary/aromatic N) is 1. The van der Waals surface area contributed by atoms with E-state index >= 15 is 0 Å². The number of amides is 1. The number of thiophene rings is 1. The largest absolute Gasteiger partial charge is 0.331 e. The maximum atomic E-state index is 12.2. The van der Waals surface area contributed by atoms with Gasteiger partial charge in [0.25, 0.3) is 5.91 Å². The molecule has 2 heterocycles. The van der Waals surface area contributed by atoms with Crippen LogP contribution in [-0.2, 0) is 12.8 Å². The smallest absolute Gasteiger partial charge is 0.259 e. The molecule has 1 atom stereocenters. The van der Waals surface area contributed by atoms with Crippen LogP contribution in [0.3, 0.4) is 0 Å². The first kappa shape index (κ1) is 11.5. The first-order valence-electron chi connectivity index (χ1n) is 6.14. The second kappa shape index (κ2) is 4.57. The van der Waals surface area contributed by atoms with Crippen LogP contribution in [-0.4, -0.2) is 15.9 Å². The number of nitrogens with one attached hydrogen (secondary N) is 2. The third-order valence-electron chi connectivity index (χ3n) is 3.38. The van der Waals surface area contributed by atoms with Gasteiger partial charge in [0.1, 0.15) is 0 Å². The minimum atomic E-state index is -0.0583. The summed E-state index contributed by atoms with van der Waals surface area (Å²) in [7, 11) is 0. The molecule has 0 fully saturated rings. The number of carbonyl (C=O) groups is 1. The fourth-order valence-corrected chi connectivity index (χ4v) is 3.62. The van der Waals surface area contributed by atoms with Gasteiger partial charge in [-0.2, -0.15) is 0 Å². The summed E-state index contributed by atoms with van der Waals surface area (Å²) in [6.07, 6.45) is 6.61. The number of H-pyrrole nitrogens is 1. The summed E-state index contributed by atoms with van der Waals surface area (Å²) in [6.45, 7) is 2.27. The van der Waals surface area contributed by atoms with E-state index in [4.69, 9.17) is 0 Å². The maximum absolute atomic E-state index is 12.2. The summed E-state index contributed by atoms with van der Waals surface area (Å²) in [4.78, 5) is 20.4. The highest BCUT2D eigenvalue weighted by Crippen LogP contribution is 2.32. The van der Waals surface area contributed by atoms with Gasteiger partial charge >= 0.3 is 0 Å². The quantitative estimate of drug-likeness (QED) is 0.873. The molecule has 0 saturated carbocycles. The minimum absolute atomic E-state index is 0.0583. The number of fused-ring (bicyclic) bond motifs is 1. The van der Waals surface area contributed by atoms with Crippen LogP contribution in [0.2, 0.25) is 0 Å². The van der Waals surface area contributed by atoms with E-state index in [-0.39, 0.29) is 5.91 Å². The molecule has 3 rings (SSSR count). The highest BCUT2D eigenvalue weighted by Gasteiger charge is 2.23. The molecule has 2 N–H and O–H groups in total. The molecule has 4 nitrogen and oxygen atoms in total. The molecule has 0 aliphatic heterocycles. The van der Waals surface area contributed by atoms with Gasteiger partial charge in [0.05, 0.1) is 5.56 Å². The summed E-state index contributed by atoms with van der Waals surface area (Å²) >= 11 is 1.71. The average molecular weight is 261 g/mol. The van der Waals surface area contributed by atoms with Crippen molar-refractivity contribution >= 4 is 23.2 Å². The number of imidazole rings is 1. The first-order chi connectivity index (χ1) is 8.74. The zero-order chi connectivity index (χ0) is 12.5. The van der Waals surface area contributed by atoms with Crippen LogP contribution in [0.25, 0.3) is 0 Å². The third kappa shape index (κ3) is 2.06. The Balaban J connectivity index is 1.82. The zero-order valence-electron chi connectivity index (χ0n) is 10.2. The predicted molar refractivity (Wildman–Crippen MR) is 72.0 cm³/mol. The summed E-state index contributed by atoms with van der Waals surface area (Å²) in [6, 6.07) is 0. The van der Waals surface area contributed by atoms with E-state index < -0.39 is 0 Å². The zero-order valence-corrected chi connectivity index (χ0v) is 11.0. The lowest BCUT2D eigenvalue weighted by Crippen LogP contribution is -2.17. The molecule has 1 aliphatic carbocycles. The molecule has 18 heavy (non-hydrogen) atoms. The van der Waals surface area contributed by atoms with Gasteiger partial charge in [-0.15, -0.1) is 11.3 Å². The molecule has 2 aromatic heterocycles. The molecule has 5 heteroatoms. The number of rotatable bonds is 2. The Morgan fingerprint density at radius 2 is 2.50 bits per heavy atom. The third-order valence-corrected chi connectivity index (χ3v) is 4.43. The van der Waals surface area contributed by atoms with Gasteiger partial charge in [-0.05, 0) is 30.7 Å². The van der Waals surface area contributed by atoms with Gasteiger partial charge in [-0.25, -0.2) is 4.98 Å². The van der Waals surface area contributed by atoms with Crippen LogP contribution in [0.1, 0.15) is 34.1 Å². The van der Waals surface area contributed by atoms with E-state index in [0.717, 1.165) is 24.3 Å². The van der Waals surface area contributed by atoms with Crippen LogP contribution in [0.5, 0.6) is 0 Å². The number of hydrogen-bond donors (Lipinski definition) is 2. The van der Waals surface area contributed by atoms with Crippen LogP contribution in [0, 0.1) is 5.92 Å². The fourth-order valence-electron chi connectivity index (χ4n) is 2.38. The van der Waals surface area contributed by atoms with E-state index in [0.29, 0.717) is 5.95 Å². The van der Waals surface area contributed by atoms with E-state index in [1.165, 1.54) is 16.9 Å². The van der Waals surface area contributed by atoms with E-state index in [2.05, 4.69) is 22.2 Å². The molecule has 0 aromatic carbocycles. The monoisotopic (exact) mass is 261 g/mol. The van der Waals surface area contributed by atoms with E-state index in [9.17, 15) is 4.79 Å². The predicted octanol–water partition coefficient (Wildman–Crippen LogP) is 2.85. The number of carbonyl (C=O) groups excluding carboxylic acids is 1. The van der Waals surface area contributed by atoms with E-state index in [1.807, 2.05) is 5.38 Å². The van der Waals surface area contributed by atoms with Gasteiger partial charge in [0, 0.05) is 22.7 Å². The minimum Gasteiger partial charge on any atom is -0.331 e. The van der Waals surface area contributed by atoms with Crippen LogP contribution in [0.4, 0.5) is 5.95 Å². The molecule has 2 aromatic rings. The average Bonchev–Trinajstić information content (AvgIpc) is 2.97. The van der Waals surface area contributed by atoms with Crippen molar-refractivity contribution in [2.24, 2.45) is 5.92 Å². The van der Waals surface area contributed by atoms with E-state index in [1.54, 1.807) is 23.7 Å². The summed E-state index contributed by atoms with van der Waals surface area (Å²) < 4.78 is 0. The van der Waals surface area contributed by atoms with Gasteiger partial charge in [0.15, 0.2) is 0 Å².